The van der Waals surface area contributed by atoms with Crippen LogP contribution in [-0.4, -0.2) is 21.8 Å². The molecule has 1 saturated heterocycles. The van der Waals surface area contributed by atoms with E-state index >= 15 is 0 Å². The van der Waals surface area contributed by atoms with Crippen LogP contribution >= 0.6 is 36.2 Å². The lowest BCUT2D eigenvalue weighted by Gasteiger charge is -1.87. The van der Waals surface area contributed by atoms with Crippen LogP contribution in [0.25, 0.3) is 0 Å². The quantitative estimate of drug-likeness (QED) is 0.371. The third-order valence-corrected chi connectivity index (χ3v) is 3.35. The molecule has 1 aliphatic rings. The average Bonchev–Trinajstić information content (AvgIpc) is 2.42. The molecule has 0 bridgehead atoms. The Labute approximate surface area is 58.2 Å². The van der Waals surface area contributed by atoms with E-state index in [0.717, 1.165) is 10.3 Å². The summed E-state index contributed by atoms with van der Waals surface area (Å²) in [7, 11) is 0. The smallest absolute Gasteiger partial charge is 0.0362 e. The number of thiol groups is 1. The van der Waals surface area contributed by atoms with Crippen LogP contribution < -0.4 is 0 Å². The number of hydrogen-bond donors (Lipinski definition) is 1. The van der Waals surface area contributed by atoms with Crippen LogP contribution in [0, 0.1) is 0 Å². The summed E-state index contributed by atoms with van der Waals surface area (Å²) in [5.74, 6) is 2.70. The lowest BCUT2D eigenvalue weighted by atomic mass is 10.6. The molecule has 0 aromatic rings. The highest BCUT2D eigenvalue weighted by Gasteiger charge is 2.20. The van der Waals surface area contributed by atoms with Gasteiger partial charge in [0.2, 0.25) is 0 Å². The molecule has 0 aromatic heterocycles. The Hall–Kier alpha value is 1.05. The monoisotopic (exact) mass is 152 g/mol. The van der Waals surface area contributed by atoms with Crippen LogP contribution in [-0.2, 0) is 0 Å². The van der Waals surface area contributed by atoms with E-state index in [4.69, 9.17) is 0 Å². The predicted octanol–water partition coefficient (Wildman–Crippen LogP) is 1.72. The standard InChI is InChI=1S/C4H8S3/c5-3-6-1-4-2-7-4/h4-5H,1-3H2. The van der Waals surface area contributed by atoms with Crippen molar-refractivity contribution in [3.63, 3.8) is 0 Å². The molecule has 0 amide bonds. The molecule has 7 heavy (non-hydrogen) atoms. The first-order chi connectivity index (χ1) is 3.43. The normalized spacial score (nSPS) is 27.9. The second-order valence-electron chi connectivity index (χ2n) is 1.46. The highest BCUT2D eigenvalue weighted by molar-refractivity contribution is 8.11. The summed E-state index contributed by atoms with van der Waals surface area (Å²) in [6.07, 6.45) is 0. The Morgan fingerprint density at radius 3 is 3.00 bits per heavy atom. The predicted molar refractivity (Wildman–Crippen MR) is 42.6 cm³/mol. The van der Waals surface area contributed by atoms with Gasteiger partial charge in [-0.3, -0.25) is 0 Å². The maximum Gasteiger partial charge on any atom is 0.0362 e. The molecule has 1 heterocycles. The van der Waals surface area contributed by atoms with Crippen molar-refractivity contribution in [3.8, 4) is 0 Å². The van der Waals surface area contributed by atoms with Crippen molar-refractivity contribution in [2.45, 2.75) is 5.25 Å². The van der Waals surface area contributed by atoms with Gasteiger partial charge in [0, 0.05) is 21.8 Å². The minimum Gasteiger partial charge on any atom is -0.168 e. The summed E-state index contributed by atoms with van der Waals surface area (Å²) in [6, 6.07) is 0. The molecule has 0 spiro atoms. The second-order valence-corrected chi connectivity index (χ2v) is 4.56. The third kappa shape index (κ3) is 2.77. The average molecular weight is 152 g/mol. The highest BCUT2D eigenvalue weighted by Crippen LogP contribution is 2.32. The Morgan fingerprint density at radius 2 is 2.57 bits per heavy atom. The largest absolute Gasteiger partial charge is 0.168 e. The van der Waals surface area contributed by atoms with Gasteiger partial charge in [-0.2, -0.15) is 36.2 Å². The molecule has 1 fully saturated rings. The van der Waals surface area contributed by atoms with Gasteiger partial charge in [0.15, 0.2) is 0 Å². The second kappa shape index (κ2) is 3.15. The minimum atomic E-state index is 0.983. The van der Waals surface area contributed by atoms with E-state index in [1.54, 1.807) is 0 Å². The lowest BCUT2D eigenvalue weighted by molar-refractivity contribution is 1.27. The summed E-state index contributed by atoms with van der Waals surface area (Å²) in [4.78, 5) is 0. The van der Waals surface area contributed by atoms with Crippen LogP contribution in [0.2, 0.25) is 0 Å². The van der Waals surface area contributed by atoms with Gasteiger partial charge in [-0.05, 0) is 0 Å². The van der Waals surface area contributed by atoms with Crippen molar-refractivity contribution < 1.29 is 0 Å². The van der Waals surface area contributed by atoms with E-state index in [0.29, 0.717) is 0 Å². The Balaban J connectivity index is 1.80. The maximum atomic E-state index is 4.08. The summed E-state index contributed by atoms with van der Waals surface area (Å²) < 4.78 is 0. The van der Waals surface area contributed by atoms with Gasteiger partial charge in [0.25, 0.3) is 0 Å². The molecule has 0 N–H and O–H groups in total. The van der Waals surface area contributed by atoms with Gasteiger partial charge in [0.05, 0.1) is 0 Å². The number of thioether (sulfide) groups is 2. The van der Waals surface area contributed by atoms with Crippen LogP contribution in [0.5, 0.6) is 0 Å². The van der Waals surface area contributed by atoms with Crippen molar-refractivity contribution in [2.24, 2.45) is 0 Å². The molecule has 0 aromatic carbocycles. The van der Waals surface area contributed by atoms with E-state index in [1.165, 1.54) is 11.5 Å². The molecule has 1 rings (SSSR count). The topological polar surface area (TPSA) is 0 Å². The molecule has 0 aliphatic carbocycles. The van der Waals surface area contributed by atoms with E-state index in [9.17, 15) is 0 Å². The van der Waals surface area contributed by atoms with Gasteiger partial charge in [-0.25, -0.2) is 0 Å². The van der Waals surface area contributed by atoms with E-state index < -0.39 is 0 Å². The fraction of sp³-hybridized carbons (Fsp3) is 1.00. The van der Waals surface area contributed by atoms with Crippen LogP contribution in [0.1, 0.15) is 0 Å². The Kier molecular flexibility index (Phi) is 2.78. The molecular formula is C4H8S3. The molecule has 0 saturated carbocycles. The molecule has 42 valence electrons. The molecule has 3 heteroatoms. The van der Waals surface area contributed by atoms with Gasteiger partial charge in [-0.15, -0.1) is 0 Å². The molecule has 0 radical (unpaired) electrons. The first-order valence-corrected chi connectivity index (χ1v) is 5.07. The zero-order valence-electron chi connectivity index (χ0n) is 3.96. The maximum absolute atomic E-state index is 4.08. The van der Waals surface area contributed by atoms with E-state index in [2.05, 4.69) is 24.4 Å². The summed E-state index contributed by atoms with van der Waals surface area (Å²) in [5, 5.41) is 1.97. The minimum absolute atomic E-state index is 0.983. The molecule has 0 nitrogen and oxygen atoms in total. The van der Waals surface area contributed by atoms with Crippen molar-refractivity contribution >= 4 is 36.2 Å². The Morgan fingerprint density at radius 1 is 1.86 bits per heavy atom. The highest BCUT2D eigenvalue weighted by atomic mass is 32.2. The number of hydrogen-bond acceptors (Lipinski definition) is 3. The first-order valence-electron chi connectivity index (χ1n) is 2.23. The van der Waals surface area contributed by atoms with Gasteiger partial charge >= 0.3 is 0 Å². The van der Waals surface area contributed by atoms with Crippen LogP contribution in [0.15, 0.2) is 0 Å². The zero-order chi connectivity index (χ0) is 5.11. The van der Waals surface area contributed by atoms with Gasteiger partial charge < -0.3 is 0 Å². The third-order valence-electron chi connectivity index (χ3n) is 0.797. The lowest BCUT2D eigenvalue weighted by Crippen LogP contribution is -1.85. The van der Waals surface area contributed by atoms with Crippen molar-refractivity contribution in [3.05, 3.63) is 0 Å². The zero-order valence-corrected chi connectivity index (χ0v) is 6.49. The first kappa shape index (κ1) is 6.17. The fourth-order valence-corrected chi connectivity index (χ4v) is 2.23. The molecular weight excluding hydrogens is 144 g/mol. The summed E-state index contributed by atoms with van der Waals surface area (Å²) in [5.41, 5.74) is 0. The van der Waals surface area contributed by atoms with Crippen LogP contribution in [0.4, 0.5) is 0 Å². The van der Waals surface area contributed by atoms with Crippen LogP contribution in [0.3, 0.4) is 0 Å². The van der Waals surface area contributed by atoms with Gasteiger partial charge in [0.1, 0.15) is 0 Å². The van der Waals surface area contributed by atoms with Gasteiger partial charge in [-0.1, -0.05) is 0 Å². The van der Waals surface area contributed by atoms with Crippen molar-refractivity contribution in [2.75, 3.05) is 16.6 Å². The fourth-order valence-electron chi connectivity index (χ4n) is 0.348. The number of rotatable bonds is 3. The molecule has 1 atom stereocenters. The Bertz CT molecular complexity index is 50.9. The van der Waals surface area contributed by atoms with E-state index in [1.807, 2.05) is 11.8 Å². The summed E-state index contributed by atoms with van der Waals surface area (Å²) in [6.45, 7) is 0. The molecule has 1 aliphatic heterocycles. The van der Waals surface area contributed by atoms with E-state index in [-0.39, 0.29) is 0 Å². The summed E-state index contributed by atoms with van der Waals surface area (Å²) >= 11 is 8.05. The SMILES string of the molecule is SCSCC1CS1. The van der Waals surface area contributed by atoms with Crippen molar-refractivity contribution in [1.29, 1.82) is 0 Å². The molecule has 1 unspecified atom stereocenters. The van der Waals surface area contributed by atoms with Crippen molar-refractivity contribution in [1.82, 2.24) is 0 Å².